The molecule has 0 aromatic carbocycles. The number of hydrogen-bond acceptors (Lipinski definition) is 5. The molecule has 96 valence electrons. The van der Waals surface area contributed by atoms with Gasteiger partial charge in [-0.1, -0.05) is 19.3 Å². The summed E-state index contributed by atoms with van der Waals surface area (Å²) in [5.41, 5.74) is 0. The molecule has 0 atom stereocenters. The van der Waals surface area contributed by atoms with E-state index in [-0.39, 0.29) is 0 Å². The van der Waals surface area contributed by atoms with E-state index in [4.69, 9.17) is 4.74 Å². The maximum atomic E-state index is 5.80. The summed E-state index contributed by atoms with van der Waals surface area (Å²) >= 11 is 0. The van der Waals surface area contributed by atoms with E-state index in [0.29, 0.717) is 12.6 Å². The zero-order valence-electron chi connectivity index (χ0n) is 10.4. The normalized spacial score (nSPS) is 17.5. The first-order valence-corrected chi connectivity index (χ1v) is 6.40. The molecule has 17 heavy (non-hydrogen) atoms. The first kappa shape index (κ1) is 12.4. The van der Waals surface area contributed by atoms with Crippen LogP contribution in [0.1, 0.15) is 37.9 Å². The zero-order valence-corrected chi connectivity index (χ0v) is 10.4. The third-order valence-electron chi connectivity index (χ3n) is 3.02. The van der Waals surface area contributed by atoms with E-state index in [0.717, 1.165) is 19.0 Å². The molecule has 6 nitrogen and oxygen atoms in total. The minimum Gasteiger partial charge on any atom is -0.377 e. The van der Waals surface area contributed by atoms with Crippen molar-refractivity contribution < 1.29 is 4.74 Å². The Morgan fingerprint density at radius 3 is 2.88 bits per heavy atom. The summed E-state index contributed by atoms with van der Waals surface area (Å²) < 4.78 is 5.80. The molecule has 1 heterocycles. The van der Waals surface area contributed by atoms with E-state index in [9.17, 15) is 0 Å². The Morgan fingerprint density at radius 1 is 1.35 bits per heavy atom. The van der Waals surface area contributed by atoms with E-state index >= 15 is 0 Å². The van der Waals surface area contributed by atoms with Gasteiger partial charge in [-0.05, 0) is 18.1 Å². The standard InChI is InChI=1S/C11H21N5O/c1-16-14-11(13-15-16)9-12-7-8-17-10-5-3-2-4-6-10/h10,12H,2-9H2,1H3. The molecule has 0 saturated heterocycles. The minimum absolute atomic E-state index is 0.486. The molecular weight excluding hydrogens is 218 g/mol. The molecule has 0 unspecified atom stereocenters. The molecule has 1 aromatic rings. The summed E-state index contributed by atoms with van der Waals surface area (Å²) in [6.07, 6.45) is 6.96. The molecule has 0 bridgehead atoms. The molecule has 0 amide bonds. The highest BCUT2D eigenvalue weighted by Crippen LogP contribution is 2.19. The van der Waals surface area contributed by atoms with E-state index in [1.807, 2.05) is 0 Å². The predicted molar refractivity (Wildman–Crippen MR) is 63.3 cm³/mol. The van der Waals surface area contributed by atoms with E-state index in [1.165, 1.54) is 36.9 Å². The van der Waals surface area contributed by atoms with Crippen LogP contribution < -0.4 is 5.32 Å². The summed E-state index contributed by atoms with van der Waals surface area (Å²) in [6, 6.07) is 0. The number of nitrogens with one attached hydrogen (secondary N) is 1. The molecule has 1 saturated carbocycles. The van der Waals surface area contributed by atoms with Gasteiger partial charge in [-0.2, -0.15) is 4.80 Å². The van der Waals surface area contributed by atoms with E-state index in [2.05, 4.69) is 20.7 Å². The van der Waals surface area contributed by atoms with Crippen molar-refractivity contribution >= 4 is 0 Å². The van der Waals surface area contributed by atoms with Gasteiger partial charge in [0.25, 0.3) is 0 Å². The predicted octanol–water partition coefficient (Wildman–Crippen LogP) is 0.649. The fraction of sp³-hybridized carbons (Fsp3) is 0.909. The zero-order chi connectivity index (χ0) is 11.9. The van der Waals surface area contributed by atoms with Crippen molar-refractivity contribution in [1.29, 1.82) is 0 Å². The second-order valence-electron chi connectivity index (χ2n) is 4.50. The Kier molecular flexibility index (Phi) is 4.88. The van der Waals surface area contributed by atoms with Crippen molar-refractivity contribution in [3.63, 3.8) is 0 Å². The lowest BCUT2D eigenvalue weighted by Gasteiger charge is -2.21. The average molecular weight is 239 g/mol. The monoisotopic (exact) mass is 239 g/mol. The molecular formula is C11H21N5O. The summed E-state index contributed by atoms with van der Waals surface area (Å²) in [5, 5.41) is 15.0. The molecule has 0 radical (unpaired) electrons. The van der Waals surface area contributed by atoms with Crippen LogP contribution in [-0.2, 0) is 18.3 Å². The van der Waals surface area contributed by atoms with Gasteiger partial charge in [-0.3, -0.25) is 0 Å². The van der Waals surface area contributed by atoms with Gasteiger partial charge in [0.2, 0.25) is 0 Å². The third kappa shape index (κ3) is 4.40. The Hall–Kier alpha value is -1.01. The first-order chi connectivity index (χ1) is 8.34. The molecule has 0 spiro atoms. The van der Waals surface area contributed by atoms with Crippen LogP contribution in [0.5, 0.6) is 0 Å². The lowest BCUT2D eigenvalue weighted by molar-refractivity contribution is 0.0302. The van der Waals surface area contributed by atoms with Gasteiger partial charge in [0.1, 0.15) is 0 Å². The van der Waals surface area contributed by atoms with Crippen LogP contribution in [0, 0.1) is 0 Å². The van der Waals surface area contributed by atoms with Crippen LogP contribution in [0.2, 0.25) is 0 Å². The molecule has 0 aliphatic heterocycles. The second kappa shape index (κ2) is 6.66. The van der Waals surface area contributed by atoms with Gasteiger partial charge in [-0.15, -0.1) is 10.2 Å². The van der Waals surface area contributed by atoms with Crippen molar-refractivity contribution in [3.8, 4) is 0 Å². The second-order valence-corrected chi connectivity index (χ2v) is 4.50. The third-order valence-corrected chi connectivity index (χ3v) is 3.02. The van der Waals surface area contributed by atoms with Crippen LogP contribution in [-0.4, -0.2) is 39.5 Å². The highest BCUT2D eigenvalue weighted by Gasteiger charge is 2.12. The van der Waals surface area contributed by atoms with Crippen LogP contribution in [0.3, 0.4) is 0 Å². The Morgan fingerprint density at radius 2 is 2.18 bits per heavy atom. The molecule has 1 fully saturated rings. The molecule has 1 aliphatic rings. The van der Waals surface area contributed by atoms with Gasteiger partial charge >= 0.3 is 0 Å². The Bertz CT molecular complexity index is 321. The molecule has 6 heteroatoms. The van der Waals surface area contributed by atoms with Crippen molar-refractivity contribution in [3.05, 3.63) is 5.82 Å². The maximum absolute atomic E-state index is 5.80. The summed E-state index contributed by atoms with van der Waals surface area (Å²) in [5.74, 6) is 0.727. The summed E-state index contributed by atoms with van der Waals surface area (Å²) in [6.45, 7) is 2.27. The highest BCUT2D eigenvalue weighted by atomic mass is 16.5. The summed E-state index contributed by atoms with van der Waals surface area (Å²) in [7, 11) is 1.77. The SMILES string of the molecule is Cn1nnc(CNCCOC2CCCCC2)n1. The number of tetrazole rings is 1. The fourth-order valence-corrected chi connectivity index (χ4v) is 2.12. The maximum Gasteiger partial charge on any atom is 0.188 e. The van der Waals surface area contributed by atoms with Crippen molar-refractivity contribution in [1.82, 2.24) is 25.5 Å². The number of nitrogens with zero attached hydrogens (tertiary/aromatic N) is 4. The molecule has 2 rings (SSSR count). The van der Waals surface area contributed by atoms with Crippen LogP contribution >= 0.6 is 0 Å². The average Bonchev–Trinajstić information content (AvgIpc) is 2.76. The highest BCUT2D eigenvalue weighted by molar-refractivity contribution is 4.74. The molecule has 1 aromatic heterocycles. The molecule has 1 aliphatic carbocycles. The van der Waals surface area contributed by atoms with Gasteiger partial charge in [0, 0.05) is 6.54 Å². The van der Waals surface area contributed by atoms with Crippen molar-refractivity contribution in [2.45, 2.75) is 44.8 Å². The van der Waals surface area contributed by atoms with Gasteiger partial charge in [0.05, 0.1) is 26.3 Å². The smallest absolute Gasteiger partial charge is 0.188 e. The largest absolute Gasteiger partial charge is 0.377 e. The number of ether oxygens (including phenoxy) is 1. The van der Waals surface area contributed by atoms with E-state index < -0.39 is 0 Å². The topological polar surface area (TPSA) is 64.9 Å². The Labute approximate surface area is 102 Å². The van der Waals surface area contributed by atoms with E-state index in [1.54, 1.807) is 7.05 Å². The van der Waals surface area contributed by atoms with Gasteiger partial charge in [-0.25, -0.2) is 0 Å². The first-order valence-electron chi connectivity index (χ1n) is 6.40. The number of rotatable bonds is 6. The number of aryl methyl sites for hydroxylation is 1. The molecule has 1 N–H and O–H groups in total. The Balaban J connectivity index is 1.51. The number of hydrogen-bond donors (Lipinski definition) is 1. The lowest BCUT2D eigenvalue weighted by atomic mass is 9.98. The van der Waals surface area contributed by atoms with Crippen molar-refractivity contribution in [2.24, 2.45) is 7.05 Å². The van der Waals surface area contributed by atoms with Crippen molar-refractivity contribution in [2.75, 3.05) is 13.2 Å². The van der Waals surface area contributed by atoms with Crippen LogP contribution in [0.25, 0.3) is 0 Å². The van der Waals surface area contributed by atoms with Gasteiger partial charge < -0.3 is 10.1 Å². The quantitative estimate of drug-likeness (QED) is 0.738. The minimum atomic E-state index is 0.486. The fourth-order valence-electron chi connectivity index (χ4n) is 2.12. The summed E-state index contributed by atoms with van der Waals surface area (Å²) in [4.78, 5) is 1.47. The lowest BCUT2D eigenvalue weighted by Crippen LogP contribution is -2.24. The number of aromatic nitrogens is 4. The van der Waals surface area contributed by atoms with Crippen LogP contribution in [0.15, 0.2) is 0 Å². The van der Waals surface area contributed by atoms with Crippen LogP contribution in [0.4, 0.5) is 0 Å². The van der Waals surface area contributed by atoms with Gasteiger partial charge in [0.15, 0.2) is 5.82 Å².